The van der Waals surface area contributed by atoms with Crippen molar-refractivity contribution < 1.29 is 14.0 Å². The second-order valence-electron chi connectivity index (χ2n) is 4.60. The fourth-order valence-electron chi connectivity index (χ4n) is 2.49. The summed E-state index contributed by atoms with van der Waals surface area (Å²) in [4.78, 5) is 0. The molecule has 0 aromatic heterocycles. The van der Waals surface area contributed by atoms with E-state index in [9.17, 15) is 0 Å². The molecule has 3 heteroatoms. The number of hydrogen-bond acceptors (Lipinski definition) is 2. The van der Waals surface area contributed by atoms with Crippen LogP contribution in [0, 0.1) is 13.8 Å². The summed E-state index contributed by atoms with van der Waals surface area (Å²) < 4.78 is 13.8. The molecule has 0 saturated heterocycles. The lowest BCUT2D eigenvalue weighted by atomic mass is 10.1. The van der Waals surface area contributed by atoms with E-state index in [0.717, 1.165) is 22.6 Å². The Hall–Kier alpha value is -1.77. The maximum Gasteiger partial charge on any atom is 0.190 e. The van der Waals surface area contributed by atoms with Crippen molar-refractivity contribution in [2.75, 3.05) is 13.2 Å². The number of nitrogens with zero attached hydrogens (tertiary/aromatic N) is 1. The molecule has 2 aliphatic rings. The minimum absolute atomic E-state index is 0.663. The van der Waals surface area contributed by atoms with Crippen LogP contribution in [0.3, 0.4) is 0 Å². The van der Waals surface area contributed by atoms with E-state index in [0.29, 0.717) is 13.2 Å². The summed E-state index contributed by atoms with van der Waals surface area (Å²) in [6.45, 7) is 9.58. The fraction of sp³-hybridized carbons (Fsp3) is 0.438. The highest BCUT2D eigenvalue weighted by Gasteiger charge is 2.29. The molecule has 0 saturated carbocycles. The molecule has 1 aliphatic heterocycles. The van der Waals surface area contributed by atoms with Crippen LogP contribution in [0.15, 0.2) is 18.2 Å². The quantitative estimate of drug-likeness (QED) is 0.788. The van der Waals surface area contributed by atoms with Crippen molar-refractivity contribution in [3.05, 3.63) is 29.6 Å². The predicted molar refractivity (Wildman–Crippen MR) is 76.1 cm³/mol. The molecule has 0 bridgehead atoms. The SMILES string of the molecule is CCOc1cccc(OCC)c2c(C)[n+](C)c(C)c1-2. The first kappa shape index (κ1) is 13.7. The molecule has 0 unspecified atom stereocenters. The van der Waals surface area contributed by atoms with Crippen molar-refractivity contribution in [2.45, 2.75) is 27.7 Å². The Bertz CT molecular complexity index is 517. The third-order valence-electron chi connectivity index (χ3n) is 3.57. The molecule has 3 nitrogen and oxygen atoms in total. The van der Waals surface area contributed by atoms with Crippen molar-refractivity contribution in [1.29, 1.82) is 0 Å². The Kier molecular flexibility index (Phi) is 3.93. The Morgan fingerprint density at radius 2 is 1.32 bits per heavy atom. The lowest BCUT2D eigenvalue weighted by Gasteiger charge is -2.06. The number of aromatic nitrogens is 1. The molecule has 0 atom stereocenters. The number of fused-ring (bicyclic) bond motifs is 1. The van der Waals surface area contributed by atoms with E-state index in [-0.39, 0.29) is 0 Å². The predicted octanol–water partition coefficient (Wildman–Crippen LogP) is 3.03. The Balaban J connectivity index is 2.76. The highest BCUT2D eigenvalue weighted by Crippen LogP contribution is 2.41. The lowest BCUT2D eigenvalue weighted by molar-refractivity contribution is -0.679. The molecule has 2 rings (SSSR count). The largest absolute Gasteiger partial charge is 0.493 e. The van der Waals surface area contributed by atoms with Gasteiger partial charge in [-0.1, -0.05) is 6.07 Å². The normalized spacial score (nSPS) is 10.8. The molecule has 0 aromatic rings. The van der Waals surface area contributed by atoms with E-state index >= 15 is 0 Å². The summed E-state index contributed by atoms with van der Waals surface area (Å²) >= 11 is 0. The molecular weight excluding hydrogens is 238 g/mol. The average Bonchev–Trinajstić information content (AvgIpc) is 2.55. The molecule has 1 heterocycles. The van der Waals surface area contributed by atoms with Crippen LogP contribution in [-0.2, 0) is 7.05 Å². The van der Waals surface area contributed by atoms with E-state index in [1.54, 1.807) is 0 Å². The highest BCUT2D eigenvalue weighted by atomic mass is 16.5. The van der Waals surface area contributed by atoms with Gasteiger partial charge < -0.3 is 9.47 Å². The van der Waals surface area contributed by atoms with Crippen molar-refractivity contribution >= 4 is 0 Å². The van der Waals surface area contributed by atoms with E-state index in [4.69, 9.17) is 9.47 Å². The van der Waals surface area contributed by atoms with Gasteiger partial charge in [-0.2, -0.15) is 0 Å². The van der Waals surface area contributed by atoms with Gasteiger partial charge >= 0.3 is 0 Å². The molecular formula is C16H22NO2+. The number of rotatable bonds is 4. The van der Waals surface area contributed by atoms with E-state index in [2.05, 4.69) is 25.5 Å². The second-order valence-corrected chi connectivity index (χ2v) is 4.60. The highest BCUT2D eigenvalue weighted by molar-refractivity contribution is 5.79. The molecule has 0 radical (unpaired) electrons. The standard InChI is InChI=1S/C16H22NO2/c1-6-18-13-9-8-10-14(19-7-2)16-12(4)17(5)11(3)15(13)16/h8-10H,6-7H2,1-5H3/q+1. The smallest absolute Gasteiger partial charge is 0.190 e. The van der Waals surface area contributed by atoms with Crippen LogP contribution in [0.2, 0.25) is 0 Å². The minimum atomic E-state index is 0.663. The fourth-order valence-corrected chi connectivity index (χ4v) is 2.49. The van der Waals surface area contributed by atoms with E-state index in [1.807, 2.05) is 32.0 Å². The van der Waals surface area contributed by atoms with Gasteiger partial charge in [-0.25, -0.2) is 4.57 Å². The van der Waals surface area contributed by atoms with Gasteiger partial charge in [0.05, 0.1) is 13.2 Å². The van der Waals surface area contributed by atoms with Crippen molar-refractivity contribution in [1.82, 2.24) is 0 Å². The van der Waals surface area contributed by atoms with E-state index in [1.165, 1.54) is 11.4 Å². The second kappa shape index (κ2) is 5.47. The zero-order chi connectivity index (χ0) is 14.0. The summed E-state index contributed by atoms with van der Waals surface area (Å²) in [6, 6.07) is 6.02. The number of ether oxygens (including phenoxy) is 2. The first-order valence-electron chi connectivity index (χ1n) is 6.79. The van der Waals surface area contributed by atoms with Crippen LogP contribution >= 0.6 is 0 Å². The summed E-state index contributed by atoms with van der Waals surface area (Å²) in [7, 11) is 2.08. The van der Waals surface area contributed by atoms with Gasteiger partial charge in [0.1, 0.15) is 29.7 Å². The Labute approximate surface area is 115 Å². The van der Waals surface area contributed by atoms with Crippen LogP contribution in [0.4, 0.5) is 0 Å². The summed E-state index contributed by atoms with van der Waals surface area (Å²) in [5.74, 6) is 1.84. The zero-order valence-electron chi connectivity index (χ0n) is 12.4. The molecule has 102 valence electrons. The summed E-state index contributed by atoms with van der Waals surface area (Å²) in [5, 5.41) is 0. The minimum Gasteiger partial charge on any atom is -0.493 e. The van der Waals surface area contributed by atoms with Crippen molar-refractivity contribution in [3.63, 3.8) is 0 Å². The maximum absolute atomic E-state index is 5.79. The lowest BCUT2D eigenvalue weighted by Crippen LogP contribution is -2.31. The molecule has 1 aliphatic carbocycles. The topological polar surface area (TPSA) is 22.3 Å². The van der Waals surface area contributed by atoms with Crippen LogP contribution in [0.25, 0.3) is 11.1 Å². The molecule has 0 N–H and O–H groups in total. The van der Waals surface area contributed by atoms with E-state index < -0.39 is 0 Å². The van der Waals surface area contributed by atoms with Crippen molar-refractivity contribution in [2.24, 2.45) is 7.05 Å². The van der Waals surface area contributed by atoms with Crippen molar-refractivity contribution in [3.8, 4) is 22.6 Å². The summed E-state index contributed by atoms with van der Waals surface area (Å²) in [5.41, 5.74) is 4.70. The van der Waals surface area contributed by atoms with Crippen LogP contribution < -0.4 is 14.0 Å². The van der Waals surface area contributed by atoms with Crippen LogP contribution in [-0.4, -0.2) is 13.2 Å². The molecule has 0 amide bonds. The molecule has 0 spiro atoms. The molecule has 19 heavy (non-hydrogen) atoms. The Morgan fingerprint density at radius 3 is 1.68 bits per heavy atom. The van der Waals surface area contributed by atoms with Gasteiger partial charge in [-0.05, 0) is 26.0 Å². The van der Waals surface area contributed by atoms with Gasteiger partial charge in [0, 0.05) is 13.8 Å². The maximum atomic E-state index is 5.79. The zero-order valence-corrected chi connectivity index (χ0v) is 12.4. The number of hydrogen-bond donors (Lipinski definition) is 0. The van der Waals surface area contributed by atoms with Gasteiger partial charge in [0.2, 0.25) is 0 Å². The third-order valence-corrected chi connectivity index (χ3v) is 3.57. The van der Waals surface area contributed by atoms with Crippen LogP contribution in [0.1, 0.15) is 25.2 Å². The first-order chi connectivity index (χ1) is 9.11. The monoisotopic (exact) mass is 260 g/mol. The third kappa shape index (κ3) is 2.25. The molecule has 0 fully saturated rings. The average molecular weight is 260 g/mol. The summed E-state index contributed by atoms with van der Waals surface area (Å²) in [6.07, 6.45) is 0. The van der Waals surface area contributed by atoms with Crippen LogP contribution in [0.5, 0.6) is 11.5 Å². The first-order valence-corrected chi connectivity index (χ1v) is 6.79. The molecule has 0 aromatic carbocycles. The van der Waals surface area contributed by atoms with Gasteiger partial charge in [0.15, 0.2) is 11.4 Å². The van der Waals surface area contributed by atoms with Gasteiger partial charge in [-0.3, -0.25) is 0 Å². The van der Waals surface area contributed by atoms with Gasteiger partial charge in [0.25, 0.3) is 0 Å². The Morgan fingerprint density at radius 1 is 0.895 bits per heavy atom. The van der Waals surface area contributed by atoms with Gasteiger partial charge in [-0.15, -0.1) is 0 Å².